The average Bonchev–Trinajstić information content (AvgIpc) is 2.67. The van der Waals surface area contributed by atoms with Crippen LogP contribution in [-0.2, 0) is 0 Å². The minimum absolute atomic E-state index is 0.434. The molecule has 0 bridgehead atoms. The molecule has 0 amide bonds. The highest BCUT2D eigenvalue weighted by Gasteiger charge is 2.08. The summed E-state index contributed by atoms with van der Waals surface area (Å²) in [6.45, 7) is 2.01. The lowest BCUT2D eigenvalue weighted by molar-refractivity contribution is 0.585. The predicted octanol–water partition coefficient (Wildman–Crippen LogP) is 2.09. The molecule has 0 saturated carbocycles. The van der Waals surface area contributed by atoms with E-state index in [-0.39, 0.29) is 0 Å². The molecule has 1 aromatic heterocycles. The molecule has 0 fully saturated rings. The fraction of sp³-hybridized carbons (Fsp3) is 0.200. The molecule has 0 aliphatic heterocycles. The van der Waals surface area contributed by atoms with E-state index in [9.17, 15) is 0 Å². The van der Waals surface area contributed by atoms with Gasteiger partial charge in [-0.15, -0.1) is 5.10 Å². The number of anilines is 1. The zero-order valence-corrected chi connectivity index (χ0v) is 8.11. The number of hydrogen-bond acceptors (Lipinski definition) is 4. The molecule has 4 nitrogen and oxygen atoms in total. The van der Waals surface area contributed by atoms with Crippen molar-refractivity contribution in [3.05, 3.63) is 29.8 Å². The third-order valence-electron chi connectivity index (χ3n) is 2.01. The fourth-order valence-corrected chi connectivity index (χ4v) is 1.25. The van der Waals surface area contributed by atoms with Crippen molar-refractivity contribution in [3.8, 4) is 11.5 Å². The molecule has 14 heavy (non-hydrogen) atoms. The van der Waals surface area contributed by atoms with Gasteiger partial charge < -0.3 is 9.73 Å². The monoisotopic (exact) mass is 189 g/mol. The van der Waals surface area contributed by atoms with Crippen LogP contribution in [0.1, 0.15) is 5.56 Å². The quantitative estimate of drug-likeness (QED) is 0.785. The minimum atomic E-state index is 0.434. The summed E-state index contributed by atoms with van der Waals surface area (Å²) < 4.78 is 5.37. The molecule has 0 unspecified atom stereocenters. The van der Waals surface area contributed by atoms with Gasteiger partial charge in [-0.1, -0.05) is 23.3 Å². The molecule has 0 spiro atoms. The number of aromatic nitrogens is 2. The van der Waals surface area contributed by atoms with Crippen LogP contribution in [0.5, 0.6) is 0 Å². The van der Waals surface area contributed by atoms with Crippen LogP contribution in [0.4, 0.5) is 6.01 Å². The zero-order valence-electron chi connectivity index (χ0n) is 8.11. The number of benzene rings is 1. The highest BCUT2D eigenvalue weighted by Crippen LogP contribution is 2.22. The van der Waals surface area contributed by atoms with E-state index in [0.29, 0.717) is 11.9 Å². The number of aryl methyl sites for hydroxylation is 1. The van der Waals surface area contributed by atoms with Gasteiger partial charge >= 0.3 is 6.01 Å². The Morgan fingerprint density at radius 1 is 1.21 bits per heavy atom. The Balaban J connectivity index is 2.44. The van der Waals surface area contributed by atoms with Gasteiger partial charge in [0.25, 0.3) is 0 Å². The number of hydrogen-bond donors (Lipinski definition) is 1. The Morgan fingerprint density at radius 3 is 2.64 bits per heavy atom. The van der Waals surface area contributed by atoms with Crippen molar-refractivity contribution in [1.82, 2.24) is 10.2 Å². The van der Waals surface area contributed by atoms with Crippen LogP contribution in [0.25, 0.3) is 11.5 Å². The Bertz CT molecular complexity index is 436. The van der Waals surface area contributed by atoms with Gasteiger partial charge in [-0.25, -0.2) is 0 Å². The topological polar surface area (TPSA) is 51.0 Å². The van der Waals surface area contributed by atoms with Gasteiger partial charge in [0.05, 0.1) is 0 Å². The maximum Gasteiger partial charge on any atom is 0.315 e. The Hall–Kier alpha value is -1.84. The Kier molecular flexibility index (Phi) is 2.18. The second-order valence-electron chi connectivity index (χ2n) is 2.98. The maximum atomic E-state index is 5.37. The van der Waals surface area contributed by atoms with Crippen LogP contribution in [-0.4, -0.2) is 17.2 Å². The summed E-state index contributed by atoms with van der Waals surface area (Å²) in [5.74, 6) is 0.549. The van der Waals surface area contributed by atoms with Crippen molar-refractivity contribution in [3.63, 3.8) is 0 Å². The standard InChI is InChI=1S/C10H11N3O/c1-7-5-3-4-6-8(7)9-12-13-10(11-2)14-9/h3-6H,1-2H3,(H,11,13). The SMILES string of the molecule is CNc1nnc(-c2ccccc2C)o1. The third-order valence-corrected chi connectivity index (χ3v) is 2.01. The lowest BCUT2D eigenvalue weighted by Crippen LogP contribution is -1.85. The Morgan fingerprint density at radius 2 is 2.00 bits per heavy atom. The summed E-state index contributed by atoms with van der Waals surface area (Å²) in [7, 11) is 1.75. The molecule has 0 atom stereocenters. The van der Waals surface area contributed by atoms with Gasteiger partial charge in [0, 0.05) is 12.6 Å². The van der Waals surface area contributed by atoms with Gasteiger partial charge in [0.1, 0.15) is 0 Å². The van der Waals surface area contributed by atoms with Gasteiger partial charge in [-0.05, 0) is 18.6 Å². The second kappa shape index (κ2) is 3.49. The number of rotatable bonds is 2. The normalized spacial score (nSPS) is 10.1. The summed E-state index contributed by atoms with van der Waals surface area (Å²) in [6.07, 6.45) is 0. The lowest BCUT2D eigenvalue weighted by Gasteiger charge is -1.98. The first-order chi connectivity index (χ1) is 6.81. The van der Waals surface area contributed by atoms with Crippen molar-refractivity contribution in [1.29, 1.82) is 0 Å². The summed E-state index contributed by atoms with van der Waals surface area (Å²) in [5, 5.41) is 10.6. The van der Waals surface area contributed by atoms with E-state index in [4.69, 9.17) is 4.42 Å². The van der Waals surface area contributed by atoms with Gasteiger partial charge in [0.2, 0.25) is 5.89 Å². The number of nitrogens with one attached hydrogen (secondary N) is 1. The van der Waals surface area contributed by atoms with Crippen LogP contribution in [0.3, 0.4) is 0 Å². The third kappa shape index (κ3) is 1.46. The predicted molar refractivity (Wildman–Crippen MR) is 54.0 cm³/mol. The number of nitrogens with zero attached hydrogens (tertiary/aromatic N) is 2. The van der Waals surface area contributed by atoms with Crippen molar-refractivity contribution in [2.24, 2.45) is 0 Å². The maximum absolute atomic E-state index is 5.37. The first-order valence-corrected chi connectivity index (χ1v) is 4.38. The van der Waals surface area contributed by atoms with Gasteiger partial charge in [-0.3, -0.25) is 0 Å². The molecule has 1 N–H and O–H groups in total. The molecule has 0 aliphatic rings. The molecule has 72 valence electrons. The summed E-state index contributed by atoms with van der Waals surface area (Å²) in [6, 6.07) is 8.34. The van der Waals surface area contributed by atoms with Crippen molar-refractivity contribution >= 4 is 6.01 Å². The van der Waals surface area contributed by atoms with E-state index in [2.05, 4.69) is 15.5 Å². The van der Waals surface area contributed by atoms with Crippen LogP contribution in [0.2, 0.25) is 0 Å². The molecular weight excluding hydrogens is 178 g/mol. The molecule has 1 heterocycles. The second-order valence-corrected chi connectivity index (χ2v) is 2.98. The molecule has 1 aromatic carbocycles. The van der Waals surface area contributed by atoms with Crippen LogP contribution in [0.15, 0.2) is 28.7 Å². The smallest absolute Gasteiger partial charge is 0.315 e. The van der Waals surface area contributed by atoms with Crippen molar-refractivity contribution < 1.29 is 4.42 Å². The summed E-state index contributed by atoms with van der Waals surface area (Å²) >= 11 is 0. The first-order valence-electron chi connectivity index (χ1n) is 4.38. The van der Waals surface area contributed by atoms with Gasteiger partial charge in [-0.2, -0.15) is 0 Å². The van der Waals surface area contributed by atoms with Crippen LogP contribution >= 0.6 is 0 Å². The van der Waals surface area contributed by atoms with E-state index in [1.807, 2.05) is 31.2 Å². The fourth-order valence-electron chi connectivity index (χ4n) is 1.25. The van der Waals surface area contributed by atoms with E-state index in [1.165, 1.54) is 0 Å². The molecule has 2 aromatic rings. The summed E-state index contributed by atoms with van der Waals surface area (Å²) in [5.41, 5.74) is 2.10. The summed E-state index contributed by atoms with van der Waals surface area (Å²) in [4.78, 5) is 0. The van der Waals surface area contributed by atoms with Crippen LogP contribution < -0.4 is 5.32 Å². The molecule has 0 saturated heterocycles. The van der Waals surface area contributed by atoms with E-state index in [1.54, 1.807) is 7.05 Å². The highest BCUT2D eigenvalue weighted by atomic mass is 16.4. The zero-order chi connectivity index (χ0) is 9.97. The average molecular weight is 189 g/mol. The molecule has 2 rings (SSSR count). The lowest BCUT2D eigenvalue weighted by atomic mass is 10.1. The molecule has 0 radical (unpaired) electrons. The Labute approximate surface area is 82.0 Å². The molecule has 0 aliphatic carbocycles. The first kappa shape index (κ1) is 8.74. The largest absolute Gasteiger partial charge is 0.403 e. The highest BCUT2D eigenvalue weighted by molar-refractivity contribution is 5.58. The van der Waals surface area contributed by atoms with E-state index >= 15 is 0 Å². The minimum Gasteiger partial charge on any atom is -0.403 e. The van der Waals surface area contributed by atoms with Crippen molar-refractivity contribution in [2.75, 3.05) is 12.4 Å². The van der Waals surface area contributed by atoms with Crippen molar-refractivity contribution in [2.45, 2.75) is 6.92 Å². The molecule has 4 heteroatoms. The van der Waals surface area contributed by atoms with E-state index in [0.717, 1.165) is 11.1 Å². The van der Waals surface area contributed by atoms with Gasteiger partial charge in [0.15, 0.2) is 0 Å². The van der Waals surface area contributed by atoms with E-state index < -0.39 is 0 Å². The van der Waals surface area contributed by atoms with Crippen LogP contribution in [0, 0.1) is 6.92 Å². The molecular formula is C10H11N3O.